The minimum Gasteiger partial charge on any atom is -0.310 e. The van der Waals surface area contributed by atoms with Crippen molar-refractivity contribution in [2.24, 2.45) is 0 Å². The molecular formula is C59H42N2. The van der Waals surface area contributed by atoms with Gasteiger partial charge in [0.2, 0.25) is 0 Å². The summed E-state index contributed by atoms with van der Waals surface area (Å²) in [5, 5.41) is 4.91. The Morgan fingerprint density at radius 1 is 0.262 bits per heavy atom. The summed E-state index contributed by atoms with van der Waals surface area (Å²) in [5.74, 6) is 0. The molecule has 2 aliphatic carbocycles. The molecule has 2 nitrogen and oxygen atoms in total. The standard InChI is InChI=1S/C59H42N2/c1-39-21-27-47(28-22-39)60(45-13-5-3-6-14-45)49-31-25-41-35-53-54-36-42-26-32-50(61(46-15-7-4-8-16-46)48-29-23-40(2)24-30-48)34-44(42)38-58(54)59(57(53)37-43(41)33-49)55-19-11-9-17-51(55)52-18-10-12-20-56(52)59/h3-38H,1-2H3. The van der Waals surface area contributed by atoms with E-state index >= 15 is 0 Å². The van der Waals surface area contributed by atoms with Crippen molar-refractivity contribution in [1.82, 2.24) is 0 Å². The van der Waals surface area contributed by atoms with Crippen LogP contribution in [0, 0.1) is 13.8 Å². The van der Waals surface area contributed by atoms with Crippen LogP contribution < -0.4 is 9.80 Å². The lowest BCUT2D eigenvalue weighted by Crippen LogP contribution is -2.25. The molecule has 0 radical (unpaired) electrons. The lowest BCUT2D eigenvalue weighted by atomic mass is 9.70. The first-order valence-corrected chi connectivity index (χ1v) is 21.2. The Morgan fingerprint density at radius 2 is 0.623 bits per heavy atom. The van der Waals surface area contributed by atoms with E-state index in [1.807, 2.05) is 0 Å². The van der Waals surface area contributed by atoms with E-state index in [-0.39, 0.29) is 0 Å². The van der Waals surface area contributed by atoms with Gasteiger partial charge in [-0.25, -0.2) is 0 Å². The molecular weight excluding hydrogens is 737 g/mol. The molecule has 0 unspecified atom stereocenters. The van der Waals surface area contributed by atoms with Crippen molar-refractivity contribution in [2.75, 3.05) is 9.80 Å². The third-order valence-corrected chi connectivity index (χ3v) is 13.1. The molecule has 0 N–H and O–H groups in total. The molecule has 2 heteroatoms. The van der Waals surface area contributed by atoms with Crippen LogP contribution in [0.5, 0.6) is 0 Å². The van der Waals surface area contributed by atoms with Gasteiger partial charge >= 0.3 is 0 Å². The van der Waals surface area contributed by atoms with Gasteiger partial charge in [-0.2, -0.15) is 0 Å². The van der Waals surface area contributed by atoms with Crippen molar-refractivity contribution in [3.63, 3.8) is 0 Å². The molecule has 0 saturated heterocycles. The molecule has 10 aromatic rings. The van der Waals surface area contributed by atoms with Crippen LogP contribution in [0.25, 0.3) is 43.8 Å². The molecule has 1 spiro atoms. The number of hydrogen-bond donors (Lipinski definition) is 0. The summed E-state index contributed by atoms with van der Waals surface area (Å²) in [6.45, 7) is 4.29. The van der Waals surface area contributed by atoms with Gasteiger partial charge < -0.3 is 9.80 Å². The van der Waals surface area contributed by atoms with Gasteiger partial charge in [0, 0.05) is 34.1 Å². The van der Waals surface area contributed by atoms with E-state index in [1.165, 1.54) is 77.2 Å². The van der Waals surface area contributed by atoms with E-state index in [0.29, 0.717) is 0 Å². The van der Waals surface area contributed by atoms with Crippen molar-refractivity contribution in [2.45, 2.75) is 19.3 Å². The Morgan fingerprint density at radius 3 is 1.05 bits per heavy atom. The summed E-state index contributed by atoms with van der Waals surface area (Å²) in [4.78, 5) is 4.74. The van der Waals surface area contributed by atoms with Crippen LogP contribution in [0.4, 0.5) is 34.1 Å². The largest absolute Gasteiger partial charge is 0.310 e. The predicted octanol–water partition coefficient (Wildman–Crippen LogP) is 15.9. The van der Waals surface area contributed by atoms with E-state index < -0.39 is 5.41 Å². The highest BCUT2D eigenvalue weighted by Gasteiger charge is 2.51. The average molecular weight is 779 g/mol. The van der Waals surface area contributed by atoms with Crippen molar-refractivity contribution in [1.29, 1.82) is 0 Å². The van der Waals surface area contributed by atoms with Crippen LogP contribution in [0.2, 0.25) is 0 Å². The predicted molar refractivity (Wildman–Crippen MR) is 257 cm³/mol. The Balaban J connectivity index is 1.10. The maximum absolute atomic E-state index is 2.51. The van der Waals surface area contributed by atoms with Crippen LogP contribution in [0.15, 0.2) is 218 Å². The first-order chi connectivity index (χ1) is 30.0. The Hall–Kier alpha value is -7.68. The Bertz CT molecular complexity index is 3090. The number of hydrogen-bond acceptors (Lipinski definition) is 2. The molecule has 0 bridgehead atoms. The minimum atomic E-state index is -0.488. The summed E-state index contributed by atoms with van der Waals surface area (Å²) in [7, 11) is 0. The summed E-state index contributed by atoms with van der Waals surface area (Å²) < 4.78 is 0. The van der Waals surface area contributed by atoms with Gasteiger partial charge in [-0.15, -0.1) is 0 Å². The van der Waals surface area contributed by atoms with E-state index in [2.05, 4.69) is 242 Å². The van der Waals surface area contributed by atoms with Crippen LogP contribution in [0.3, 0.4) is 0 Å². The molecule has 12 rings (SSSR count). The maximum Gasteiger partial charge on any atom is 0.0725 e. The van der Waals surface area contributed by atoms with E-state index in [9.17, 15) is 0 Å². The van der Waals surface area contributed by atoms with Crippen molar-refractivity contribution in [3.05, 3.63) is 252 Å². The van der Waals surface area contributed by atoms with Gasteiger partial charge in [-0.1, -0.05) is 132 Å². The third-order valence-electron chi connectivity index (χ3n) is 13.1. The number of anilines is 6. The maximum atomic E-state index is 2.51. The van der Waals surface area contributed by atoms with E-state index in [4.69, 9.17) is 0 Å². The van der Waals surface area contributed by atoms with Gasteiger partial charge in [0.25, 0.3) is 0 Å². The molecule has 10 aromatic carbocycles. The fourth-order valence-corrected chi connectivity index (χ4v) is 10.3. The second-order valence-corrected chi connectivity index (χ2v) is 16.7. The van der Waals surface area contributed by atoms with Gasteiger partial charge in [-0.3, -0.25) is 0 Å². The number of fused-ring (bicyclic) bond motifs is 12. The Kier molecular flexibility index (Phi) is 7.92. The molecule has 0 fully saturated rings. The number of nitrogens with zero attached hydrogens (tertiary/aromatic N) is 2. The second kappa shape index (κ2) is 13.7. The molecule has 0 aromatic heterocycles. The fourth-order valence-electron chi connectivity index (χ4n) is 10.3. The second-order valence-electron chi connectivity index (χ2n) is 16.7. The Labute approximate surface area is 357 Å². The lowest BCUT2D eigenvalue weighted by molar-refractivity contribution is 0.796. The summed E-state index contributed by atoms with van der Waals surface area (Å²) >= 11 is 0. The molecule has 0 aliphatic heterocycles. The average Bonchev–Trinajstić information content (AvgIpc) is 3.76. The zero-order valence-corrected chi connectivity index (χ0v) is 34.2. The van der Waals surface area contributed by atoms with E-state index in [0.717, 1.165) is 34.1 Å². The molecule has 61 heavy (non-hydrogen) atoms. The first kappa shape index (κ1) is 35.3. The molecule has 2 aliphatic rings. The number of rotatable bonds is 6. The zero-order valence-electron chi connectivity index (χ0n) is 34.2. The van der Waals surface area contributed by atoms with Crippen molar-refractivity contribution >= 4 is 55.7 Å². The highest BCUT2D eigenvalue weighted by molar-refractivity contribution is 6.04. The van der Waals surface area contributed by atoms with Crippen LogP contribution in [-0.4, -0.2) is 0 Å². The fraction of sp³-hybridized carbons (Fsp3) is 0.0508. The van der Waals surface area contributed by atoms with Crippen LogP contribution in [0.1, 0.15) is 33.4 Å². The van der Waals surface area contributed by atoms with Gasteiger partial charge in [-0.05, 0) is 177 Å². The highest BCUT2D eigenvalue weighted by Crippen LogP contribution is 2.64. The molecule has 0 atom stereocenters. The topological polar surface area (TPSA) is 6.48 Å². The lowest BCUT2D eigenvalue weighted by Gasteiger charge is -2.31. The molecule has 0 amide bonds. The normalized spacial score (nSPS) is 12.9. The van der Waals surface area contributed by atoms with Gasteiger partial charge in [0.05, 0.1) is 5.41 Å². The minimum absolute atomic E-state index is 0.488. The molecule has 0 heterocycles. The SMILES string of the molecule is Cc1ccc(N(c2ccccc2)c2ccc3cc4c(cc3c2)C2(c3ccccc3-c3ccccc32)c2cc3cc(N(c5ccccc5)c5ccc(C)cc5)ccc3cc2-4)cc1. The monoisotopic (exact) mass is 778 g/mol. The molecule has 0 saturated carbocycles. The van der Waals surface area contributed by atoms with Gasteiger partial charge in [0.1, 0.15) is 0 Å². The first-order valence-electron chi connectivity index (χ1n) is 21.2. The molecule has 288 valence electrons. The number of benzene rings is 10. The third kappa shape index (κ3) is 5.42. The van der Waals surface area contributed by atoms with Crippen LogP contribution in [-0.2, 0) is 5.41 Å². The quantitative estimate of drug-likeness (QED) is 0.166. The zero-order chi connectivity index (χ0) is 40.7. The van der Waals surface area contributed by atoms with Crippen molar-refractivity contribution < 1.29 is 0 Å². The number of para-hydroxylation sites is 2. The summed E-state index contributed by atoms with van der Waals surface area (Å²) in [6.07, 6.45) is 0. The van der Waals surface area contributed by atoms with E-state index in [1.54, 1.807) is 0 Å². The summed E-state index contributed by atoms with van der Waals surface area (Å²) in [5.41, 5.74) is 19.4. The number of aryl methyl sites for hydroxylation is 2. The van der Waals surface area contributed by atoms with Gasteiger partial charge in [0.15, 0.2) is 0 Å². The summed E-state index contributed by atoms with van der Waals surface area (Å²) in [6, 6.07) is 81.2. The smallest absolute Gasteiger partial charge is 0.0725 e. The van der Waals surface area contributed by atoms with Crippen LogP contribution >= 0.6 is 0 Å². The highest BCUT2D eigenvalue weighted by atomic mass is 15.1. The van der Waals surface area contributed by atoms with Crippen molar-refractivity contribution in [3.8, 4) is 22.3 Å².